The molecule has 0 bridgehead atoms. The van der Waals surface area contributed by atoms with E-state index in [0.29, 0.717) is 53.8 Å². The highest BCUT2D eigenvalue weighted by Crippen LogP contribution is 2.30. The van der Waals surface area contributed by atoms with Crippen LogP contribution >= 0.6 is 11.6 Å². The number of aryl methyl sites for hydroxylation is 1. The van der Waals surface area contributed by atoms with Crippen molar-refractivity contribution < 1.29 is 14.1 Å². The molecular formula is C28H31ClN6O4S. The molecule has 3 heterocycles. The SMILES string of the molecule is Cc1cc(N2CCN(C(=O)CS(C)=O)CC2)cc2[nH]c(-c3c(NC[C@@H](O)c4cccc(Cl)c4)cc[nH]c3=O)nc12. The Morgan fingerprint density at radius 1 is 1.20 bits per heavy atom. The molecule has 1 aliphatic heterocycles. The summed E-state index contributed by atoms with van der Waals surface area (Å²) in [7, 11) is -1.15. The Balaban J connectivity index is 1.37. The summed E-state index contributed by atoms with van der Waals surface area (Å²) in [4.78, 5) is 40.0. The Hall–Kier alpha value is -3.67. The number of carbonyl (C=O) groups is 1. The lowest BCUT2D eigenvalue weighted by Crippen LogP contribution is -2.49. The minimum atomic E-state index is -1.15. The maximum Gasteiger partial charge on any atom is 0.261 e. The second kappa shape index (κ2) is 11.8. The molecule has 10 nitrogen and oxygen atoms in total. The van der Waals surface area contributed by atoms with Crippen molar-refractivity contribution in [2.24, 2.45) is 0 Å². The number of hydrogen-bond donors (Lipinski definition) is 4. The van der Waals surface area contributed by atoms with Gasteiger partial charge >= 0.3 is 0 Å². The van der Waals surface area contributed by atoms with Crippen LogP contribution in [0.25, 0.3) is 22.4 Å². The smallest absolute Gasteiger partial charge is 0.261 e. The molecule has 2 aromatic carbocycles. The number of anilines is 2. The number of halogens is 1. The monoisotopic (exact) mass is 582 g/mol. The molecule has 0 spiro atoms. The number of H-pyrrole nitrogens is 2. The largest absolute Gasteiger partial charge is 0.387 e. The molecule has 4 aromatic rings. The maximum absolute atomic E-state index is 12.9. The molecule has 1 fully saturated rings. The van der Waals surface area contributed by atoms with Gasteiger partial charge in [0.15, 0.2) is 0 Å². The second-order valence-corrected chi connectivity index (χ2v) is 11.7. The summed E-state index contributed by atoms with van der Waals surface area (Å²) in [5.74, 6) is 0.388. The predicted molar refractivity (Wildman–Crippen MR) is 160 cm³/mol. The van der Waals surface area contributed by atoms with E-state index in [4.69, 9.17) is 16.6 Å². The first kappa shape index (κ1) is 27.9. The second-order valence-electron chi connectivity index (χ2n) is 9.88. The van der Waals surface area contributed by atoms with E-state index in [2.05, 4.69) is 26.3 Å². The average Bonchev–Trinajstić information content (AvgIpc) is 3.36. The number of hydrogen-bond acceptors (Lipinski definition) is 7. The fourth-order valence-corrected chi connectivity index (χ4v) is 5.68. The van der Waals surface area contributed by atoms with Crippen LogP contribution in [0.15, 0.2) is 53.5 Å². The molecule has 2 aromatic heterocycles. The molecule has 1 unspecified atom stereocenters. The maximum atomic E-state index is 12.9. The molecule has 5 rings (SSSR count). The van der Waals surface area contributed by atoms with E-state index in [9.17, 15) is 18.9 Å². The number of nitrogens with one attached hydrogen (secondary N) is 3. The molecule has 1 aliphatic rings. The lowest BCUT2D eigenvalue weighted by atomic mass is 10.1. The van der Waals surface area contributed by atoms with Gasteiger partial charge in [-0.15, -0.1) is 0 Å². The number of pyridine rings is 1. The molecule has 4 N–H and O–H groups in total. The molecule has 12 heteroatoms. The van der Waals surface area contributed by atoms with Crippen molar-refractivity contribution in [3.05, 3.63) is 75.2 Å². The van der Waals surface area contributed by atoms with Crippen molar-refractivity contribution in [1.82, 2.24) is 19.9 Å². The molecule has 2 atom stereocenters. The van der Waals surface area contributed by atoms with Crippen LogP contribution in [0.2, 0.25) is 5.02 Å². The Kier molecular flexibility index (Phi) is 8.24. The lowest BCUT2D eigenvalue weighted by Gasteiger charge is -2.36. The van der Waals surface area contributed by atoms with Gasteiger partial charge < -0.3 is 30.2 Å². The molecule has 40 heavy (non-hydrogen) atoms. The third-order valence-electron chi connectivity index (χ3n) is 7.00. The zero-order valence-corrected chi connectivity index (χ0v) is 23.8. The fourth-order valence-electron chi connectivity index (χ4n) is 4.95. The first-order valence-electron chi connectivity index (χ1n) is 12.9. The van der Waals surface area contributed by atoms with Gasteiger partial charge in [-0.25, -0.2) is 4.98 Å². The van der Waals surface area contributed by atoms with Crippen LogP contribution in [0.4, 0.5) is 11.4 Å². The Bertz CT molecular complexity index is 1630. The van der Waals surface area contributed by atoms with E-state index in [1.165, 1.54) is 6.26 Å². The third kappa shape index (κ3) is 6.06. The van der Waals surface area contributed by atoms with Crippen molar-refractivity contribution in [3.8, 4) is 11.4 Å². The van der Waals surface area contributed by atoms with E-state index in [1.54, 1.807) is 41.4 Å². The van der Waals surface area contributed by atoms with Crippen molar-refractivity contribution in [2.45, 2.75) is 13.0 Å². The zero-order chi connectivity index (χ0) is 28.4. The molecule has 0 aliphatic carbocycles. The standard InChI is InChI=1S/C28H31ClN6O4S/c1-17-12-20(34-8-10-35(11-9-34)24(37)16-40(2)39)14-22-26(17)33-27(32-22)25-21(6-7-30-28(25)38)31-15-23(36)18-4-3-5-19(29)13-18/h3-7,12-14,23,36H,8-11,15-16H2,1-2H3,(H,32,33)(H2,30,31,38)/t23-,40?/m1/s1. The minimum Gasteiger partial charge on any atom is -0.387 e. The number of carbonyl (C=O) groups excluding carboxylic acids is 1. The van der Waals surface area contributed by atoms with E-state index in [0.717, 1.165) is 22.3 Å². The van der Waals surface area contributed by atoms with Crippen LogP contribution in [0.5, 0.6) is 0 Å². The van der Waals surface area contributed by atoms with E-state index in [-0.39, 0.29) is 23.8 Å². The quantitative estimate of drug-likeness (QED) is 0.251. The van der Waals surface area contributed by atoms with Gasteiger partial charge in [-0.3, -0.25) is 13.8 Å². The highest BCUT2D eigenvalue weighted by Gasteiger charge is 2.23. The van der Waals surface area contributed by atoms with E-state index in [1.807, 2.05) is 13.0 Å². The number of nitrogens with zero attached hydrogens (tertiary/aromatic N) is 3. The molecule has 0 saturated carbocycles. The Labute approximate surface area is 238 Å². The predicted octanol–water partition coefficient (Wildman–Crippen LogP) is 3.05. The van der Waals surface area contributed by atoms with Crippen molar-refractivity contribution in [1.29, 1.82) is 0 Å². The highest BCUT2D eigenvalue weighted by atomic mass is 35.5. The third-order valence-corrected chi connectivity index (χ3v) is 7.89. The Morgan fingerprint density at radius 3 is 2.70 bits per heavy atom. The number of fused-ring (bicyclic) bond motifs is 1. The number of aliphatic hydroxyl groups excluding tert-OH is 1. The van der Waals surface area contributed by atoms with Gasteiger partial charge in [-0.1, -0.05) is 23.7 Å². The normalized spacial score (nSPS) is 15.3. The molecule has 1 amide bonds. The number of aromatic nitrogens is 3. The molecule has 210 valence electrons. The highest BCUT2D eigenvalue weighted by molar-refractivity contribution is 7.85. The van der Waals surface area contributed by atoms with Gasteiger partial charge in [0.1, 0.15) is 17.1 Å². The van der Waals surface area contributed by atoms with Gasteiger partial charge in [0.25, 0.3) is 5.56 Å². The minimum absolute atomic E-state index is 0.0526. The van der Waals surface area contributed by atoms with Gasteiger partial charge in [-0.2, -0.15) is 0 Å². The molecular weight excluding hydrogens is 552 g/mol. The summed E-state index contributed by atoms with van der Waals surface area (Å²) >= 11 is 6.06. The van der Waals surface area contributed by atoms with Crippen LogP contribution in [0.3, 0.4) is 0 Å². The van der Waals surface area contributed by atoms with Gasteiger partial charge in [-0.05, 0) is 48.4 Å². The topological polar surface area (TPSA) is 134 Å². The molecule has 1 saturated heterocycles. The Morgan fingerprint density at radius 2 is 1.98 bits per heavy atom. The number of aromatic amines is 2. The van der Waals surface area contributed by atoms with Crippen LogP contribution in [0, 0.1) is 6.92 Å². The number of rotatable bonds is 8. The number of amides is 1. The van der Waals surface area contributed by atoms with Crippen molar-refractivity contribution >= 4 is 50.7 Å². The van der Waals surface area contributed by atoms with Crippen molar-refractivity contribution in [3.63, 3.8) is 0 Å². The lowest BCUT2D eigenvalue weighted by molar-refractivity contribution is -0.128. The van der Waals surface area contributed by atoms with Gasteiger partial charge in [0, 0.05) is 66.7 Å². The van der Waals surface area contributed by atoms with E-state index >= 15 is 0 Å². The molecule has 0 radical (unpaired) electrons. The van der Waals surface area contributed by atoms with Crippen LogP contribution in [-0.2, 0) is 15.6 Å². The number of aliphatic hydroxyl groups is 1. The average molecular weight is 583 g/mol. The number of benzene rings is 2. The number of imidazole rings is 1. The number of piperazine rings is 1. The van der Waals surface area contributed by atoms with E-state index < -0.39 is 16.9 Å². The van der Waals surface area contributed by atoms with Crippen molar-refractivity contribution in [2.75, 3.05) is 54.9 Å². The summed E-state index contributed by atoms with van der Waals surface area (Å²) in [5, 5.41) is 14.4. The summed E-state index contributed by atoms with van der Waals surface area (Å²) in [6, 6.07) is 12.8. The van der Waals surface area contributed by atoms with Crippen LogP contribution in [0.1, 0.15) is 17.2 Å². The summed E-state index contributed by atoms with van der Waals surface area (Å²) in [5.41, 5.74) is 4.74. The summed E-state index contributed by atoms with van der Waals surface area (Å²) < 4.78 is 11.4. The fraction of sp³-hybridized carbons (Fsp3) is 0.321. The first-order valence-corrected chi connectivity index (χ1v) is 15.0. The zero-order valence-electron chi connectivity index (χ0n) is 22.2. The van der Waals surface area contributed by atoms with Crippen LogP contribution in [-0.4, -0.2) is 79.8 Å². The first-order chi connectivity index (χ1) is 19.2. The van der Waals surface area contributed by atoms with Crippen LogP contribution < -0.4 is 15.8 Å². The van der Waals surface area contributed by atoms with Gasteiger partial charge in [0.2, 0.25) is 5.91 Å². The summed E-state index contributed by atoms with van der Waals surface area (Å²) in [6.45, 7) is 4.60. The summed E-state index contributed by atoms with van der Waals surface area (Å²) in [6.07, 6.45) is 2.26. The van der Waals surface area contributed by atoms with Gasteiger partial charge in [0.05, 0.1) is 22.8 Å².